The molecule has 1 aromatic rings. The van der Waals surface area contributed by atoms with Crippen LogP contribution in [0.25, 0.3) is 0 Å². The topological polar surface area (TPSA) is 107 Å². The molecule has 0 aromatic carbocycles. The zero-order chi connectivity index (χ0) is 21.7. The van der Waals surface area contributed by atoms with Gasteiger partial charge in [-0.05, 0) is 45.5 Å². The number of rotatable bonds is 6. The van der Waals surface area contributed by atoms with Gasteiger partial charge in [-0.15, -0.1) is 11.3 Å². The first kappa shape index (κ1) is 22.7. The number of aromatic nitrogens is 1. The average Bonchev–Trinajstić information content (AvgIpc) is 3.13. The maximum absolute atomic E-state index is 13.1. The average molecular weight is 453 g/mol. The maximum Gasteiger partial charge on any atom is 0.223 e. The number of nitrogens with zero attached hydrogens (tertiary/aromatic N) is 5. The molecule has 9 nitrogen and oxygen atoms in total. The van der Waals surface area contributed by atoms with E-state index >= 15 is 0 Å². The number of anilines is 1. The van der Waals surface area contributed by atoms with Gasteiger partial charge in [0.2, 0.25) is 15.9 Å². The highest BCUT2D eigenvalue weighted by atomic mass is 32.2. The summed E-state index contributed by atoms with van der Waals surface area (Å²) in [5.74, 6) is 0.373. The third kappa shape index (κ3) is 5.39. The number of nitrogens with one attached hydrogen (secondary N) is 1. The standard InChI is InChI=1S/C19H28N6O3S2/c1-4-7-21-18(20-3)13-25-11-15-5-8-24(9-6-17(15)30(25,27)28)12-16-10-22-19(29-16)23-14(2)26/h4,7,10,15,17H,3,5-6,8-9,11-13H2,1-2H3,(H,22,23,26)/b7-4-,21-18-. The van der Waals surface area contributed by atoms with E-state index in [1.807, 2.05) is 6.92 Å². The highest BCUT2D eigenvalue weighted by molar-refractivity contribution is 7.90. The van der Waals surface area contributed by atoms with Crippen molar-refractivity contribution in [2.75, 3.05) is 31.5 Å². The Balaban J connectivity index is 1.62. The predicted octanol–water partition coefficient (Wildman–Crippen LogP) is 1.96. The van der Waals surface area contributed by atoms with Crippen LogP contribution in [-0.2, 0) is 21.4 Å². The van der Waals surface area contributed by atoms with Gasteiger partial charge in [0.05, 0.1) is 11.8 Å². The summed E-state index contributed by atoms with van der Waals surface area (Å²) >= 11 is 1.45. The van der Waals surface area contributed by atoms with Crippen molar-refractivity contribution in [3.63, 3.8) is 0 Å². The summed E-state index contributed by atoms with van der Waals surface area (Å²) in [7, 11) is -3.39. The van der Waals surface area contributed by atoms with Gasteiger partial charge in [-0.1, -0.05) is 6.08 Å². The zero-order valence-electron chi connectivity index (χ0n) is 17.3. The molecule has 2 saturated heterocycles. The summed E-state index contributed by atoms with van der Waals surface area (Å²) in [4.78, 5) is 26.7. The van der Waals surface area contributed by atoms with E-state index in [9.17, 15) is 13.2 Å². The molecular formula is C19H28N6O3S2. The van der Waals surface area contributed by atoms with Crippen LogP contribution in [0.4, 0.5) is 5.13 Å². The third-order valence-electron chi connectivity index (χ3n) is 5.34. The number of sulfonamides is 1. The van der Waals surface area contributed by atoms with E-state index in [1.165, 1.54) is 22.6 Å². The van der Waals surface area contributed by atoms with E-state index in [0.717, 1.165) is 17.8 Å². The Labute approximate surface area is 181 Å². The van der Waals surface area contributed by atoms with Crippen molar-refractivity contribution in [3.8, 4) is 0 Å². The van der Waals surface area contributed by atoms with Gasteiger partial charge in [0.15, 0.2) is 5.13 Å². The molecular weight excluding hydrogens is 424 g/mol. The summed E-state index contributed by atoms with van der Waals surface area (Å²) in [6.45, 7) is 9.72. The first-order valence-electron chi connectivity index (χ1n) is 9.91. The van der Waals surface area contributed by atoms with Crippen LogP contribution >= 0.6 is 11.3 Å². The quantitative estimate of drug-likeness (QED) is 0.524. The SMILES string of the molecule is C=N/C(CN1CC2CCN(Cc3cnc(NC(C)=O)s3)CCC2S1(=O)=O)=N\C=C/C. The van der Waals surface area contributed by atoms with Gasteiger partial charge in [0.25, 0.3) is 0 Å². The lowest BCUT2D eigenvalue weighted by molar-refractivity contribution is -0.114. The second-order valence-electron chi connectivity index (χ2n) is 7.49. The molecule has 0 radical (unpaired) electrons. The molecule has 0 bridgehead atoms. The lowest BCUT2D eigenvalue weighted by Crippen LogP contribution is -2.34. The molecule has 0 aliphatic carbocycles. The number of likely N-dealkylation sites (tertiary alicyclic amines) is 1. The Morgan fingerprint density at radius 3 is 2.90 bits per heavy atom. The van der Waals surface area contributed by atoms with E-state index in [1.54, 1.807) is 18.5 Å². The molecule has 11 heteroatoms. The van der Waals surface area contributed by atoms with E-state index < -0.39 is 10.0 Å². The van der Waals surface area contributed by atoms with Gasteiger partial charge < -0.3 is 5.32 Å². The Morgan fingerprint density at radius 2 is 2.20 bits per heavy atom. The number of thiazole rings is 1. The molecule has 3 rings (SSSR count). The largest absolute Gasteiger partial charge is 0.302 e. The van der Waals surface area contributed by atoms with E-state index in [-0.39, 0.29) is 23.6 Å². The normalized spacial score (nSPS) is 25.2. The van der Waals surface area contributed by atoms with Crippen molar-refractivity contribution in [1.29, 1.82) is 0 Å². The predicted molar refractivity (Wildman–Crippen MR) is 120 cm³/mol. The lowest BCUT2D eigenvalue weighted by atomic mass is 10.0. The summed E-state index contributed by atoms with van der Waals surface area (Å²) in [6, 6.07) is 0. The summed E-state index contributed by atoms with van der Waals surface area (Å²) < 4.78 is 27.7. The molecule has 2 aliphatic rings. The van der Waals surface area contributed by atoms with Crippen molar-refractivity contribution in [3.05, 3.63) is 23.3 Å². The summed E-state index contributed by atoms with van der Waals surface area (Å²) in [5, 5.41) is 2.92. The number of carbonyl (C=O) groups is 1. The van der Waals surface area contributed by atoms with Gasteiger partial charge in [-0.3, -0.25) is 9.69 Å². The number of hydrogen-bond donors (Lipinski definition) is 1. The second-order valence-corrected chi connectivity index (χ2v) is 10.8. The Hall–Kier alpha value is -1.95. The second kappa shape index (κ2) is 9.90. The fraction of sp³-hybridized carbons (Fsp3) is 0.579. The molecule has 1 aromatic heterocycles. The van der Waals surface area contributed by atoms with Crippen LogP contribution in [-0.4, -0.2) is 72.5 Å². The Morgan fingerprint density at radius 1 is 1.43 bits per heavy atom. The minimum atomic E-state index is -3.39. The van der Waals surface area contributed by atoms with E-state index in [0.29, 0.717) is 37.0 Å². The van der Waals surface area contributed by atoms with Crippen molar-refractivity contribution < 1.29 is 13.2 Å². The number of amidine groups is 1. The molecule has 0 saturated carbocycles. The maximum atomic E-state index is 13.1. The monoisotopic (exact) mass is 452 g/mol. The fourth-order valence-corrected chi connectivity index (χ4v) is 7.01. The number of hydrogen-bond acceptors (Lipinski definition) is 7. The van der Waals surface area contributed by atoms with Crippen molar-refractivity contribution >= 4 is 45.0 Å². The lowest BCUT2D eigenvalue weighted by Gasteiger charge is -2.21. The molecule has 3 heterocycles. The molecule has 1 N–H and O–H groups in total. The smallest absolute Gasteiger partial charge is 0.223 e. The minimum Gasteiger partial charge on any atom is -0.302 e. The molecule has 30 heavy (non-hydrogen) atoms. The van der Waals surface area contributed by atoms with Crippen LogP contribution < -0.4 is 5.32 Å². The van der Waals surface area contributed by atoms with Crippen molar-refractivity contribution in [1.82, 2.24) is 14.2 Å². The van der Waals surface area contributed by atoms with Gasteiger partial charge >= 0.3 is 0 Å². The molecule has 2 unspecified atom stereocenters. The Kier molecular flexibility index (Phi) is 7.50. The van der Waals surface area contributed by atoms with Gasteiger partial charge in [0.1, 0.15) is 5.84 Å². The van der Waals surface area contributed by atoms with Crippen LogP contribution in [0, 0.1) is 5.92 Å². The zero-order valence-corrected chi connectivity index (χ0v) is 19.0. The third-order valence-corrected chi connectivity index (χ3v) is 8.62. The molecule has 2 fully saturated rings. The first-order chi connectivity index (χ1) is 14.3. The van der Waals surface area contributed by atoms with Crippen LogP contribution in [0.15, 0.2) is 28.5 Å². The van der Waals surface area contributed by atoms with Gasteiger partial charge in [-0.2, -0.15) is 4.31 Å². The van der Waals surface area contributed by atoms with Gasteiger partial charge in [-0.25, -0.2) is 23.4 Å². The van der Waals surface area contributed by atoms with Crippen LogP contribution in [0.3, 0.4) is 0 Å². The number of aliphatic imine (C=N–C) groups is 2. The molecule has 2 aliphatic heterocycles. The molecule has 164 valence electrons. The highest BCUT2D eigenvalue weighted by Gasteiger charge is 2.47. The highest BCUT2D eigenvalue weighted by Crippen LogP contribution is 2.34. The fourth-order valence-electron chi connectivity index (χ4n) is 3.92. The first-order valence-corrected chi connectivity index (χ1v) is 12.2. The molecule has 0 spiro atoms. The minimum absolute atomic E-state index is 0.101. The summed E-state index contributed by atoms with van der Waals surface area (Å²) in [6.07, 6.45) is 6.56. The number of amides is 1. The van der Waals surface area contributed by atoms with Crippen LogP contribution in [0.5, 0.6) is 0 Å². The number of carbonyl (C=O) groups excluding carboxylic acids is 1. The van der Waals surface area contributed by atoms with Crippen molar-refractivity contribution in [2.45, 2.75) is 38.5 Å². The number of allylic oxidation sites excluding steroid dienone is 1. The molecule has 2 atom stereocenters. The summed E-state index contributed by atoms with van der Waals surface area (Å²) in [5.41, 5.74) is 0. The van der Waals surface area contributed by atoms with E-state index in [2.05, 4.69) is 31.9 Å². The van der Waals surface area contributed by atoms with Crippen LogP contribution in [0.2, 0.25) is 0 Å². The van der Waals surface area contributed by atoms with Crippen LogP contribution in [0.1, 0.15) is 31.6 Å². The van der Waals surface area contributed by atoms with E-state index in [4.69, 9.17) is 0 Å². The molecule has 1 amide bonds. The number of fused-ring (bicyclic) bond motifs is 1. The van der Waals surface area contributed by atoms with Crippen molar-refractivity contribution in [2.24, 2.45) is 15.9 Å². The van der Waals surface area contributed by atoms with Gasteiger partial charge in [0, 0.05) is 37.3 Å². The Bertz CT molecular complexity index is 940.